The molecule has 0 unspecified atom stereocenters. The Morgan fingerprint density at radius 3 is 1.13 bits per heavy atom. The van der Waals surface area contributed by atoms with Crippen LogP contribution in [0.3, 0.4) is 0 Å². The topological polar surface area (TPSA) is 275 Å². The Hall–Kier alpha value is -12.2. The Bertz CT molecular complexity index is 6170. The van der Waals surface area contributed by atoms with Crippen LogP contribution in [0.4, 0.5) is 56.0 Å². The summed E-state index contributed by atoms with van der Waals surface area (Å²) in [5.74, 6) is 4.63. The van der Waals surface area contributed by atoms with E-state index in [1.807, 2.05) is 101 Å². The molecule has 10 aliphatic heterocycles. The Labute approximate surface area is 839 Å². The Morgan fingerprint density at radius 2 is 0.746 bits per heavy atom. The van der Waals surface area contributed by atoms with Gasteiger partial charge in [0.1, 0.15) is 36.4 Å². The zero-order chi connectivity index (χ0) is 96.9. The van der Waals surface area contributed by atoms with Crippen molar-refractivity contribution >= 4 is 108 Å². The number of benzene rings is 8. The largest absolute Gasteiger partial charge is 0.508 e. The average Bonchev–Trinajstić information content (AvgIpc) is 1.34. The van der Waals surface area contributed by atoms with E-state index in [0.717, 1.165) is 242 Å². The molecule has 13 heterocycles. The molecule has 746 valence electrons. The number of ether oxygens (including phenoxy) is 4. The zero-order valence-electron chi connectivity index (χ0n) is 82.5. The second-order valence-corrected chi connectivity index (χ2v) is 40.6. The first kappa shape index (κ1) is 97.2. The normalized spacial score (nSPS) is 19.5. The molecular weight excluding hydrogens is 1800 g/mol. The molecule has 13 aliphatic rings. The molecule has 142 heavy (non-hydrogen) atoms. The summed E-state index contributed by atoms with van der Waals surface area (Å²) in [4.78, 5) is 95.2. The number of likely N-dealkylation sites (tertiary alicyclic amines) is 3. The summed E-state index contributed by atoms with van der Waals surface area (Å²) in [5, 5.41) is 25.5. The molecule has 7 saturated heterocycles. The van der Waals surface area contributed by atoms with E-state index in [1.165, 1.54) is 126 Å². The number of hydrogen-bond acceptors (Lipinski definition) is 26. The maximum atomic E-state index is 12.9. The van der Waals surface area contributed by atoms with Crippen LogP contribution in [0.25, 0.3) is 32.3 Å². The standard InChI is InChI=1S/C38H45N7O2.C32H39N7O2.C30H30ClN5O2.C8H16N2.C4H8O2/c1-27-23-29-9-5-6-10-32(29)35(24-27)45-18-15-33-34(25-45)40-37(39-30-13-16-42(17-14-30)31-11-12-31)41-36(33)43-19-21-44(22-20-43)38(46)47-26-28-7-3-2-4-8-28;1-2-30(41)37-15-17-38(18-16-37)31-27-11-14-39(29-20-25(40)19-22-5-3-4-6-26(22)29)21-28(27)34-32(35-31)33-23-9-12-36(13-10-23)24-7-8-24;1-21-17-23-9-5-6-10-24(23)27(18-21)36-12-11-25-26(19-36)32-29(31)33-28(25)34-13-15-35(16-14-34)30(37)38-20-22-7-3-2-4-8-22;9-7-3-5-10(6-4-7)8-1-2-8;1-2-6-4-3-5-1/h2-10,23-24,30-31H,11-22,25-26H2,1H3,(H,39,40,41);2-6,19-20,23-24,40H,1,7-18,21H2,(H,33,34,35);2-10,17-18H,11-16,19-20H2,1H3;7-8H,1-6,9H2;1-4H2. The molecule has 29 nitrogen and oxygen atoms in total. The lowest BCUT2D eigenvalue weighted by molar-refractivity contribution is -0.126. The van der Waals surface area contributed by atoms with Gasteiger partial charge in [-0.15, -0.1) is 0 Å². The van der Waals surface area contributed by atoms with Gasteiger partial charge in [0.25, 0.3) is 0 Å². The molecule has 30 heteroatoms. The minimum absolute atomic E-state index is 0.0109. The van der Waals surface area contributed by atoms with E-state index >= 15 is 0 Å². The molecule has 24 rings (SSSR count). The number of rotatable bonds is 18. The van der Waals surface area contributed by atoms with Gasteiger partial charge in [-0.25, -0.2) is 29.5 Å². The van der Waals surface area contributed by atoms with Crippen molar-refractivity contribution in [1.82, 2.24) is 59.3 Å². The molecule has 3 aliphatic carbocycles. The fourth-order valence-corrected chi connectivity index (χ4v) is 22.2. The highest BCUT2D eigenvalue weighted by Gasteiger charge is 2.39. The van der Waals surface area contributed by atoms with Gasteiger partial charge in [-0.05, 0) is 198 Å². The molecule has 8 aromatic carbocycles. The first-order valence-electron chi connectivity index (χ1n) is 52.1. The number of phenols is 1. The van der Waals surface area contributed by atoms with E-state index in [4.69, 9.17) is 56.2 Å². The third-order valence-electron chi connectivity index (χ3n) is 30.3. The average molecular weight is 1940 g/mol. The fraction of sp³-hybridized carbons (Fsp3) is 0.473. The summed E-state index contributed by atoms with van der Waals surface area (Å²) in [6.07, 6.45) is 18.6. The number of aromatic nitrogens is 6. The van der Waals surface area contributed by atoms with Crippen molar-refractivity contribution in [1.29, 1.82) is 0 Å². The maximum absolute atomic E-state index is 12.9. The number of nitrogens with zero attached hydrogens (tertiary/aromatic N) is 18. The highest BCUT2D eigenvalue weighted by molar-refractivity contribution is 6.28. The maximum Gasteiger partial charge on any atom is 0.410 e. The molecule has 3 aromatic heterocycles. The summed E-state index contributed by atoms with van der Waals surface area (Å²) in [7, 11) is 0. The number of carbonyl (C=O) groups is 3. The summed E-state index contributed by atoms with van der Waals surface area (Å²) < 4.78 is 21.1. The van der Waals surface area contributed by atoms with E-state index in [9.17, 15) is 19.5 Å². The predicted molar refractivity (Wildman–Crippen MR) is 564 cm³/mol. The number of aromatic hydroxyl groups is 1. The Kier molecular flexibility index (Phi) is 31.2. The van der Waals surface area contributed by atoms with Gasteiger partial charge in [0.15, 0.2) is 0 Å². The van der Waals surface area contributed by atoms with Crippen molar-refractivity contribution in [3.63, 3.8) is 0 Å². The number of hydrogen-bond donors (Lipinski definition) is 4. The predicted octanol–water partition coefficient (Wildman–Crippen LogP) is 16.0. The van der Waals surface area contributed by atoms with Crippen LogP contribution in [0.15, 0.2) is 183 Å². The lowest BCUT2D eigenvalue weighted by Crippen LogP contribution is -2.49. The van der Waals surface area contributed by atoms with Gasteiger partial charge in [0.2, 0.25) is 23.1 Å². The van der Waals surface area contributed by atoms with Crippen molar-refractivity contribution in [3.8, 4) is 5.75 Å². The van der Waals surface area contributed by atoms with Crippen LogP contribution in [-0.4, -0.2) is 283 Å². The van der Waals surface area contributed by atoms with Crippen LogP contribution < -0.4 is 45.8 Å². The highest BCUT2D eigenvalue weighted by Crippen LogP contribution is 2.42. The molecule has 0 atom stereocenters. The minimum Gasteiger partial charge on any atom is -0.508 e. The number of fused-ring (bicyclic) bond motifs is 6. The molecule has 11 aromatic rings. The van der Waals surface area contributed by atoms with Gasteiger partial charge in [-0.2, -0.15) is 9.97 Å². The third kappa shape index (κ3) is 24.3. The van der Waals surface area contributed by atoms with Gasteiger partial charge >= 0.3 is 12.2 Å². The van der Waals surface area contributed by atoms with E-state index in [0.29, 0.717) is 96.1 Å². The van der Waals surface area contributed by atoms with Gasteiger partial charge in [0.05, 0.1) is 63.1 Å². The summed E-state index contributed by atoms with van der Waals surface area (Å²) >= 11 is 6.44. The summed E-state index contributed by atoms with van der Waals surface area (Å²) in [5.41, 5.74) is 20.5. The van der Waals surface area contributed by atoms with E-state index < -0.39 is 0 Å². The second kappa shape index (κ2) is 45.6. The van der Waals surface area contributed by atoms with Crippen molar-refractivity contribution in [3.05, 3.63) is 244 Å². The van der Waals surface area contributed by atoms with Crippen LogP contribution in [0.2, 0.25) is 5.28 Å². The lowest BCUT2D eigenvalue weighted by atomic mass is 10.0. The molecule has 0 spiro atoms. The number of nitrogens with one attached hydrogen (secondary N) is 2. The molecule has 0 radical (unpaired) electrons. The Balaban J connectivity index is 0.000000121. The third-order valence-corrected chi connectivity index (χ3v) is 30.5. The van der Waals surface area contributed by atoms with Crippen LogP contribution in [-0.2, 0) is 75.9 Å². The number of anilines is 8. The molecule has 0 bridgehead atoms. The number of phenolic OH excluding ortho intramolecular Hbond substituents is 1. The van der Waals surface area contributed by atoms with Gasteiger partial charge < -0.3 is 99.2 Å². The van der Waals surface area contributed by atoms with Crippen LogP contribution in [0.5, 0.6) is 5.75 Å². The van der Waals surface area contributed by atoms with Crippen molar-refractivity contribution in [2.24, 2.45) is 5.73 Å². The summed E-state index contributed by atoms with van der Waals surface area (Å²) in [6.45, 7) is 31.4. The first-order valence-corrected chi connectivity index (χ1v) is 52.5. The van der Waals surface area contributed by atoms with Crippen LogP contribution in [0.1, 0.15) is 133 Å². The fourth-order valence-electron chi connectivity index (χ4n) is 22.0. The minimum atomic E-state index is -0.280. The van der Waals surface area contributed by atoms with Gasteiger partial charge in [-0.3, -0.25) is 4.79 Å². The van der Waals surface area contributed by atoms with Gasteiger partial charge in [-0.1, -0.05) is 152 Å². The van der Waals surface area contributed by atoms with E-state index in [2.05, 4.69) is 164 Å². The number of halogens is 1. The number of piperidine rings is 3. The highest BCUT2D eigenvalue weighted by atomic mass is 35.5. The van der Waals surface area contributed by atoms with E-state index in [-0.39, 0.29) is 35.7 Å². The van der Waals surface area contributed by atoms with Crippen molar-refractivity contribution in [2.75, 3.05) is 204 Å². The molecule has 10 fully saturated rings. The zero-order valence-corrected chi connectivity index (χ0v) is 83.3. The molecule has 3 amide bonds. The lowest BCUT2D eigenvalue weighted by Gasteiger charge is -2.38. The second-order valence-electron chi connectivity index (χ2n) is 40.3. The molecule has 5 N–H and O–H groups in total. The summed E-state index contributed by atoms with van der Waals surface area (Å²) in [6, 6.07) is 61.6. The van der Waals surface area contributed by atoms with E-state index in [1.54, 1.807) is 4.90 Å². The number of carbonyl (C=O) groups excluding carboxylic acids is 3. The smallest absolute Gasteiger partial charge is 0.410 e. The SMILES string of the molecule is C1COCCO1.C=CC(=O)N1CCN(c2nc(NC3CCN(C4CC4)CC3)nc3c2CCN(c2cc(O)cc4ccccc24)C3)CC1.Cc1cc(N2CCc3c(nc(Cl)nc3N3CCN(C(=O)OCc4ccccc4)CC3)C2)c2ccccc2c1.Cc1cc(N2CCc3c(nc(NC4CCN(C5CC5)CC4)nc3N3CCN(C(=O)OCc4ccccc4)CC3)C2)c2ccccc2c1.NC1CCN(C2CC2)CC1. The number of nitrogens with two attached hydrogens (primary N) is 1. The molecular formula is C112H138ClN21O8. The van der Waals surface area contributed by atoms with Crippen LogP contribution >= 0.6 is 11.6 Å². The quantitative estimate of drug-likeness (QED) is 0.0459. The number of amides is 3. The van der Waals surface area contributed by atoms with Gasteiger partial charge in [0, 0.05) is 217 Å². The monoisotopic (exact) mass is 1940 g/mol. The number of aryl methyl sites for hydroxylation is 2. The molecule has 3 saturated carbocycles. The van der Waals surface area contributed by atoms with Crippen molar-refractivity contribution in [2.45, 2.75) is 179 Å². The van der Waals surface area contributed by atoms with Crippen LogP contribution in [0, 0.1) is 13.8 Å². The number of piperazine rings is 3. The Morgan fingerprint density at radius 1 is 0.401 bits per heavy atom. The first-order chi connectivity index (χ1) is 69.5. The van der Waals surface area contributed by atoms with Crippen molar-refractivity contribution < 1.29 is 38.4 Å².